The molecule has 24 heavy (non-hydrogen) atoms. The lowest BCUT2D eigenvalue weighted by molar-refractivity contribution is -0.117. The Balaban J connectivity index is 2.07. The number of anilines is 1. The number of carbonyl (C=O) groups excluding carboxylic acids is 2. The van der Waals surface area contributed by atoms with E-state index < -0.39 is 5.91 Å². The summed E-state index contributed by atoms with van der Waals surface area (Å²) in [6.45, 7) is -0.134. The summed E-state index contributed by atoms with van der Waals surface area (Å²) in [5.41, 5.74) is 1.02. The number of para-hydroxylation sites is 1. The Hall–Kier alpha value is -3.02. The van der Waals surface area contributed by atoms with Crippen LogP contribution in [0.3, 0.4) is 0 Å². The van der Waals surface area contributed by atoms with Crippen molar-refractivity contribution in [2.24, 2.45) is 0 Å². The molecule has 0 saturated carbocycles. The molecule has 0 aliphatic carbocycles. The minimum Gasteiger partial charge on any atom is -0.496 e. The normalized spacial score (nSPS) is 9.96. The van der Waals surface area contributed by atoms with Crippen molar-refractivity contribution in [3.8, 4) is 11.5 Å². The Labute approximate surface area is 141 Å². The average Bonchev–Trinajstić information content (AvgIpc) is 2.65. The topological polar surface area (TPSA) is 67.9 Å². The van der Waals surface area contributed by atoms with Crippen LogP contribution in [0, 0.1) is 0 Å². The number of nitrogens with one attached hydrogen (secondary N) is 1. The van der Waals surface area contributed by atoms with Crippen molar-refractivity contribution >= 4 is 17.5 Å². The second kappa shape index (κ2) is 8.01. The fraction of sp³-hybridized carbons (Fsp3) is 0.222. The van der Waals surface area contributed by atoms with Crippen molar-refractivity contribution in [2.75, 3.05) is 32.7 Å². The van der Waals surface area contributed by atoms with Gasteiger partial charge < -0.3 is 19.7 Å². The monoisotopic (exact) mass is 328 g/mol. The maximum atomic E-state index is 12.4. The van der Waals surface area contributed by atoms with E-state index in [4.69, 9.17) is 9.47 Å². The van der Waals surface area contributed by atoms with Crippen LogP contribution in [-0.4, -0.2) is 39.6 Å². The summed E-state index contributed by atoms with van der Waals surface area (Å²) in [6, 6.07) is 14.3. The van der Waals surface area contributed by atoms with Gasteiger partial charge in [-0.25, -0.2) is 0 Å². The van der Waals surface area contributed by atoms with E-state index in [9.17, 15) is 9.59 Å². The maximum Gasteiger partial charge on any atom is 0.259 e. The molecule has 126 valence electrons. The summed E-state index contributed by atoms with van der Waals surface area (Å²) in [5.74, 6) is 0.106. The molecular weight excluding hydrogens is 308 g/mol. The molecule has 0 aliphatic heterocycles. The van der Waals surface area contributed by atoms with Crippen LogP contribution in [0.25, 0.3) is 0 Å². The molecule has 2 rings (SSSR count). The van der Waals surface area contributed by atoms with Gasteiger partial charge in [0.2, 0.25) is 5.91 Å². The Kier molecular flexibility index (Phi) is 5.78. The van der Waals surface area contributed by atoms with E-state index in [0.717, 1.165) is 5.69 Å². The second-order valence-electron chi connectivity index (χ2n) is 5.01. The van der Waals surface area contributed by atoms with E-state index in [1.54, 1.807) is 25.2 Å². The summed E-state index contributed by atoms with van der Waals surface area (Å²) in [5, 5.41) is 2.61. The minimum absolute atomic E-state index is 0.134. The van der Waals surface area contributed by atoms with E-state index in [1.165, 1.54) is 19.1 Å². The maximum absolute atomic E-state index is 12.4. The highest BCUT2D eigenvalue weighted by atomic mass is 16.5. The van der Waals surface area contributed by atoms with Gasteiger partial charge in [-0.15, -0.1) is 0 Å². The van der Waals surface area contributed by atoms with Gasteiger partial charge in [0.05, 0.1) is 20.8 Å². The molecular formula is C18H20N2O4. The Bertz CT molecular complexity index is 694. The number of hydrogen-bond acceptors (Lipinski definition) is 4. The van der Waals surface area contributed by atoms with E-state index in [2.05, 4.69) is 5.32 Å². The highest BCUT2D eigenvalue weighted by Crippen LogP contribution is 2.27. The number of hydrogen-bond donors (Lipinski definition) is 1. The predicted octanol–water partition coefficient (Wildman–Crippen LogP) is 2.10. The first-order valence-corrected chi connectivity index (χ1v) is 7.39. The number of nitrogens with zero attached hydrogens (tertiary/aromatic N) is 1. The standard InChI is InChI=1S/C18H20N2O4/c1-20(13-8-5-4-6-9-13)16(21)12-19-18(22)17-14(23-2)10-7-11-15(17)24-3/h4-11H,12H2,1-3H3,(H,19,22). The van der Waals surface area contributed by atoms with Gasteiger partial charge in [-0.2, -0.15) is 0 Å². The zero-order valence-corrected chi connectivity index (χ0v) is 13.9. The fourth-order valence-electron chi connectivity index (χ4n) is 2.23. The van der Waals surface area contributed by atoms with Crippen LogP contribution in [0.1, 0.15) is 10.4 Å². The first kappa shape index (κ1) is 17.3. The second-order valence-corrected chi connectivity index (χ2v) is 5.01. The van der Waals surface area contributed by atoms with E-state index >= 15 is 0 Å². The summed E-state index contributed by atoms with van der Waals surface area (Å²) in [4.78, 5) is 26.1. The molecule has 1 N–H and O–H groups in total. The van der Waals surface area contributed by atoms with Crippen LogP contribution in [0.2, 0.25) is 0 Å². The smallest absolute Gasteiger partial charge is 0.259 e. The van der Waals surface area contributed by atoms with Gasteiger partial charge >= 0.3 is 0 Å². The molecule has 0 unspecified atom stereocenters. The molecule has 0 aliphatic rings. The van der Waals surface area contributed by atoms with Crippen molar-refractivity contribution < 1.29 is 19.1 Å². The van der Waals surface area contributed by atoms with Gasteiger partial charge in [0.1, 0.15) is 17.1 Å². The van der Waals surface area contributed by atoms with E-state index in [-0.39, 0.29) is 18.0 Å². The van der Waals surface area contributed by atoms with Crippen molar-refractivity contribution in [3.63, 3.8) is 0 Å². The largest absolute Gasteiger partial charge is 0.496 e. The van der Waals surface area contributed by atoms with Crippen LogP contribution >= 0.6 is 0 Å². The molecule has 6 nitrogen and oxygen atoms in total. The summed E-state index contributed by atoms with van der Waals surface area (Å²) in [6.07, 6.45) is 0. The number of amides is 2. The molecule has 2 aromatic rings. The number of ether oxygens (including phenoxy) is 2. The molecule has 0 atom stereocenters. The molecule has 2 aromatic carbocycles. The zero-order chi connectivity index (χ0) is 17.5. The van der Waals surface area contributed by atoms with Crippen LogP contribution in [0.5, 0.6) is 11.5 Å². The van der Waals surface area contributed by atoms with Gasteiger partial charge in [-0.05, 0) is 24.3 Å². The molecule has 0 fully saturated rings. The SMILES string of the molecule is COc1cccc(OC)c1C(=O)NCC(=O)N(C)c1ccccc1. The number of benzene rings is 2. The number of carbonyl (C=O) groups is 2. The number of methoxy groups -OCH3 is 2. The lowest BCUT2D eigenvalue weighted by Gasteiger charge is -2.18. The summed E-state index contributed by atoms with van der Waals surface area (Å²) in [7, 11) is 4.60. The van der Waals surface area contributed by atoms with Crippen LogP contribution < -0.4 is 19.7 Å². The van der Waals surface area contributed by atoms with E-state index in [0.29, 0.717) is 11.5 Å². The number of likely N-dealkylation sites (N-methyl/N-ethyl adjacent to an activating group) is 1. The molecule has 0 aromatic heterocycles. The third-order valence-corrected chi connectivity index (χ3v) is 3.57. The molecule has 0 heterocycles. The lowest BCUT2D eigenvalue weighted by Crippen LogP contribution is -2.38. The van der Waals surface area contributed by atoms with Gasteiger partial charge in [0, 0.05) is 12.7 Å². The van der Waals surface area contributed by atoms with E-state index in [1.807, 2.05) is 30.3 Å². The zero-order valence-electron chi connectivity index (χ0n) is 13.9. The summed E-state index contributed by atoms with van der Waals surface area (Å²) >= 11 is 0. The Morgan fingerprint density at radius 3 is 2.08 bits per heavy atom. The highest BCUT2D eigenvalue weighted by molar-refractivity contribution is 6.03. The molecule has 2 amide bonds. The van der Waals surface area contributed by atoms with Crippen molar-refractivity contribution in [1.82, 2.24) is 5.32 Å². The van der Waals surface area contributed by atoms with Crippen molar-refractivity contribution in [1.29, 1.82) is 0 Å². The molecule has 6 heteroatoms. The molecule has 0 spiro atoms. The molecule has 0 saturated heterocycles. The van der Waals surface area contributed by atoms with Gasteiger partial charge in [-0.1, -0.05) is 24.3 Å². The quantitative estimate of drug-likeness (QED) is 0.882. The Morgan fingerprint density at radius 2 is 1.54 bits per heavy atom. The third kappa shape index (κ3) is 3.84. The molecule has 0 radical (unpaired) electrons. The van der Waals surface area contributed by atoms with Gasteiger partial charge in [0.25, 0.3) is 5.91 Å². The van der Waals surface area contributed by atoms with Crippen LogP contribution in [0.4, 0.5) is 5.69 Å². The van der Waals surface area contributed by atoms with Gasteiger partial charge in [-0.3, -0.25) is 9.59 Å². The number of rotatable bonds is 6. The lowest BCUT2D eigenvalue weighted by atomic mass is 10.1. The predicted molar refractivity (Wildman–Crippen MR) is 91.7 cm³/mol. The van der Waals surface area contributed by atoms with Crippen molar-refractivity contribution in [2.45, 2.75) is 0 Å². The Morgan fingerprint density at radius 1 is 0.958 bits per heavy atom. The minimum atomic E-state index is -0.431. The van der Waals surface area contributed by atoms with Gasteiger partial charge in [0.15, 0.2) is 0 Å². The van der Waals surface area contributed by atoms with Crippen molar-refractivity contribution in [3.05, 3.63) is 54.1 Å². The first-order chi connectivity index (χ1) is 11.6. The average molecular weight is 328 g/mol. The molecule has 0 bridgehead atoms. The highest BCUT2D eigenvalue weighted by Gasteiger charge is 2.19. The summed E-state index contributed by atoms with van der Waals surface area (Å²) < 4.78 is 10.4. The first-order valence-electron chi connectivity index (χ1n) is 7.39. The fourth-order valence-corrected chi connectivity index (χ4v) is 2.23. The van der Waals surface area contributed by atoms with Crippen LogP contribution in [0.15, 0.2) is 48.5 Å². The van der Waals surface area contributed by atoms with Crippen LogP contribution in [-0.2, 0) is 4.79 Å². The third-order valence-electron chi connectivity index (χ3n) is 3.57.